The van der Waals surface area contributed by atoms with Gasteiger partial charge in [0.25, 0.3) is 0 Å². The van der Waals surface area contributed by atoms with Crippen molar-refractivity contribution in [3.8, 4) is 0 Å². The van der Waals surface area contributed by atoms with Gasteiger partial charge in [0.15, 0.2) is 0 Å². The molecule has 0 fully saturated rings. The molecule has 0 radical (unpaired) electrons. The first-order chi connectivity index (χ1) is 6.11. The summed E-state index contributed by atoms with van der Waals surface area (Å²) in [7, 11) is 0. The van der Waals surface area contributed by atoms with Crippen LogP contribution in [0.15, 0.2) is 12.7 Å². The molecule has 0 aliphatic rings. The minimum atomic E-state index is -0.494. The fraction of sp³-hybridized carbons (Fsp3) is 0.556. The molecule has 0 rings (SSSR count). The highest BCUT2D eigenvalue weighted by molar-refractivity contribution is 5.90. The molecule has 4 heteroatoms. The second-order valence-electron chi connectivity index (χ2n) is 2.78. The first-order valence-electron chi connectivity index (χ1n) is 4.31. The molecule has 0 aliphatic carbocycles. The van der Waals surface area contributed by atoms with E-state index < -0.39 is 5.91 Å². The Bertz CT molecular complexity index is 202. The van der Waals surface area contributed by atoms with Crippen LogP contribution in [-0.2, 0) is 9.59 Å². The summed E-state index contributed by atoms with van der Waals surface area (Å²) < 4.78 is 0. The average Bonchev–Trinajstić information content (AvgIpc) is 2.10. The van der Waals surface area contributed by atoms with Gasteiger partial charge in [0.1, 0.15) is 0 Å². The van der Waals surface area contributed by atoms with E-state index in [1.807, 2.05) is 6.92 Å². The summed E-state index contributed by atoms with van der Waals surface area (Å²) >= 11 is 0. The van der Waals surface area contributed by atoms with Crippen molar-refractivity contribution in [3.63, 3.8) is 0 Å². The average molecular weight is 184 g/mol. The van der Waals surface area contributed by atoms with Gasteiger partial charge in [-0.1, -0.05) is 19.9 Å². The van der Waals surface area contributed by atoms with Crippen molar-refractivity contribution in [2.24, 2.45) is 5.73 Å². The lowest BCUT2D eigenvalue weighted by atomic mass is 10.3. The van der Waals surface area contributed by atoms with E-state index >= 15 is 0 Å². The number of unbranched alkanes of at least 4 members (excludes halogenated alkanes) is 1. The molecule has 2 amide bonds. The summed E-state index contributed by atoms with van der Waals surface area (Å²) in [6.07, 6.45) is 3.03. The number of carbonyl (C=O) groups excluding carboxylic acids is 2. The Labute approximate surface area is 78.4 Å². The first kappa shape index (κ1) is 11.7. The molecule has 0 atom stereocenters. The second kappa shape index (κ2) is 6.22. The van der Waals surface area contributed by atoms with E-state index in [-0.39, 0.29) is 12.5 Å². The van der Waals surface area contributed by atoms with Gasteiger partial charge in [0.2, 0.25) is 11.8 Å². The van der Waals surface area contributed by atoms with Crippen LogP contribution in [0.5, 0.6) is 0 Å². The fourth-order valence-electron chi connectivity index (χ4n) is 0.933. The molecule has 0 aromatic rings. The van der Waals surface area contributed by atoms with E-state index in [0.717, 1.165) is 12.8 Å². The molecule has 0 saturated carbocycles. The number of nitrogens with two attached hydrogens (primary N) is 1. The number of carbonyl (C=O) groups is 2. The third kappa shape index (κ3) is 5.00. The van der Waals surface area contributed by atoms with Crippen LogP contribution in [0.4, 0.5) is 0 Å². The van der Waals surface area contributed by atoms with Gasteiger partial charge in [-0.3, -0.25) is 9.59 Å². The number of nitrogens with zero attached hydrogens (tertiary/aromatic N) is 1. The summed E-state index contributed by atoms with van der Waals surface area (Å²) in [6.45, 7) is 5.91. The van der Waals surface area contributed by atoms with Gasteiger partial charge in [-0.2, -0.15) is 0 Å². The maximum absolute atomic E-state index is 11.2. The third-order valence-electron chi connectivity index (χ3n) is 1.61. The Morgan fingerprint density at radius 2 is 2.15 bits per heavy atom. The van der Waals surface area contributed by atoms with Crippen LogP contribution in [0.25, 0.3) is 0 Å². The molecule has 0 bridgehead atoms. The predicted octanol–water partition coefficient (Wildman–Crippen LogP) is 0.286. The van der Waals surface area contributed by atoms with Crippen LogP contribution in [0.2, 0.25) is 0 Å². The minimum Gasteiger partial charge on any atom is -0.368 e. The molecule has 0 aromatic carbocycles. The number of hydrogen-bond acceptors (Lipinski definition) is 2. The van der Waals surface area contributed by atoms with Gasteiger partial charge < -0.3 is 10.6 Å². The minimum absolute atomic E-state index is 0.0230. The van der Waals surface area contributed by atoms with Crippen molar-refractivity contribution >= 4 is 11.8 Å². The van der Waals surface area contributed by atoms with Gasteiger partial charge in [-0.05, 0) is 12.5 Å². The molecule has 13 heavy (non-hydrogen) atoms. The van der Waals surface area contributed by atoms with Gasteiger partial charge in [-0.25, -0.2) is 0 Å². The Hall–Kier alpha value is -1.32. The molecule has 0 heterocycles. The zero-order valence-electron chi connectivity index (χ0n) is 7.95. The highest BCUT2D eigenvalue weighted by Gasteiger charge is 2.11. The van der Waals surface area contributed by atoms with E-state index in [1.54, 1.807) is 0 Å². The number of rotatable bonds is 6. The summed E-state index contributed by atoms with van der Waals surface area (Å²) in [4.78, 5) is 23.1. The molecule has 4 nitrogen and oxygen atoms in total. The lowest BCUT2D eigenvalue weighted by molar-refractivity contribution is -0.131. The Morgan fingerprint density at radius 3 is 2.54 bits per heavy atom. The normalized spacial score (nSPS) is 9.31. The van der Waals surface area contributed by atoms with Crippen molar-refractivity contribution in [2.45, 2.75) is 19.8 Å². The molecule has 0 spiro atoms. The SMILES string of the molecule is C=CC(=O)N(CCCC)CC(N)=O. The molecule has 2 N–H and O–H groups in total. The van der Waals surface area contributed by atoms with Crippen LogP contribution in [0, 0.1) is 0 Å². The standard InChI is InChI=1S/C9H16N2O2/c1-3-5-6-11(7-8(10)12)9(13)4-2/h4H,2-3,5-7H2,1H3,(H2,10,12). The number of primary amides is 1. The predicted molar refractivity (Wildman–Crippen MR) is 50.9 cm³/mol. The van der Waals surface area contributed by atoms with E-state index in [1.165, 1.54) is 11.0 Å². The van der Waals surface area contributed by atoms with Crippen LogP contribution in [-0.4, -0.2) is 29.8 Å². The molecule has 0 aliphatic heterocycles. The van der Waals surface area contributed by atoms with Gasteiger partial charge in [0, 0.05) is 6.54 Å². The van der Waals surface area contributed by atoms with E-state index in [4.69, 9.17) is 5.73 Å². The van der Waals surface area contributed by atoms with E-state index in [2.05, 4.69) is 6.58 Å². The maximum Gasteiger partial charge on any atom is 0.246 e. The summed E-state index contributed by atoms with van der Waals surface area (Å²) in [5.41, 5.74) is 4.99. The smallest absolute Gasteiger partial charge is 0.246 e. The highest BCUT2D eigenvalue weighted by Crippen LogP contribution is 1.95. The first-order valence-corrected chi connectivity index (χ1v) is 4.31. The quantitative estimate of drug-likeness (QED) is 0.603. The van der Waals surface area contributed by atoms with Gasteiger partial charge in [0.05, 0.1) is 6.54 Å². The molecule has 0 unspecified atom stereocenters. The van der Waals surface area contributed by atoms with Crippen molar-refractivity contribution in [3.05, 3.63) is 12.7 Å². The lowest BCUT2D eigenvalue weighted by Crippen LogP contribution is -2.38. The van der Waals surface area contributed by atoms with Crippen LogP contribution < -0.4 is 5.73 Å². The van der Waals surface area contributed by atoms with Crippen molar-refractivity contribution in [2.75, 3.05) is 13.1 Å². The van der Waals surface area contributed by atoms with Crippen LogP contribution in [0.3, 0.4) is 0 Å². The molecule has 0 saturated heterocycles. The van der Waals surface area contributed by atoms with Crippen LogP contribution in [0.1, 0.15) is 19.8 Å². The van der Waals surface area contributed by atoms with Gasteiger partial charge >= 0.3 is 0 Å². The Kier molecular flexibility index (Phi) is 5.59. The van der Waals surface area contributed by atoms with Crippen molar-refractivity contribution in [1.82, 2.24) is 4.90 Å². The Morgan fingerprint density at radius 1 is 1.54 bits per heavy atom. The summed E-state index contributed by atoms with van der Waals surface area (Å²) in [5, 5.41) is 0. The monoisotopic (exact) mass is 184 g/mol. The third-order valence-corrected chi connectivity index (χ3v) is 1.61. The highest BCUT2D eigenvalue weighted by atomic mass is 16.2. The zero-order chi connectivity index (χ0) is 10.3. The van der Waals surface area contributed by atoms with Crippen molar-refractivity contribution in [1.29, 1.82) is 0 Å². The number of hydrogen-bond donors (Lipinski definition) is 1. The van der Waals surface area contributed by atoms with E-state index in [0.29, 0.717) is 6.54 Å². The second-order valence-corrected chi connectivity index (χ2v) is 2.78. The van der Waals surface area contributed by atoms with Crippen molar-refractivity contribution < 1.29 is 9.59 Å². The summed E-state index contributed by atoms with van der Waals surface area (Å²) in [5.74, 6) is -0.737. The largest absolute Gasteiger partial charge is 0.368 e. The molecule has 74 valence electrons. The maximum atomic E-state index is 11.2. The van der Waals surface area contributed by atoms with Crippen LogP contribution >= 0.6 is 0 Å². The summed E-state index contributed by atoms with van der Waals surface area (Å²) in [6, 6.07) is 0. The molecule has 0 aromatic heterocycles. The van der Waals surface area contributed by atoms with Gasteiger partial charge in [-0.15, -0.1) is 0 Å². The topological polar surface area (TPSA) is 63.4 Å². The zero-order valence-corrected chi connectivity index (χ0v) is 7.95. The molecular formula is C9H16N2O2. The number of amides is 2. The molecular weight excluding hydrogens is 168 g/mol. The Balaban J connectivity index is 4.09. The lowest BCUT2D eigenvalue weighted by Gasteiger charge is -2.18. The van der Waals surface area contributed by atoms with E-state index in [9.17, 15) is 9.59 Å². The fourth-order valence-corrected chi connectivity index (χ4v) is 0.933.